The number of nitrogens with zero attached hydrogens (tertiary/aromatic N) is 2. The zero-order chi connectivity index (χ0) is 61.6. The van der Waals surface area contributed by atoms with E-state index in [1.165, 1.54) is 28.9 Å². The van der Waals surface area contributed by atoms with Gasteiger partial charge in [-0.1, -0.05) is 91.2 Å². The first-order valence-corrected chi connectivity index (χ1v) is 29.9. The average Bonchev–Trinajstić information content (AvgIpc) is 1.57. The molecule has 0 aromatic carbocycles. The summed E-state index contributed by atoms with van der Waals surface area (Å²) in [5.41, 5.74) is -1.82. The average molecular weight is 1170 g/mol. The summed E-state index contributed by atoms with van der Waals surface area (Å²) < 4.78 is 27.9. The van der Waals surface area contributed by atoms with Gasteiger partial charge in [0.15, 0.2) is 12.2 Å². The number of alkyl carbamates (subject to hydrolysis) is 2. The predicted molar refractivity (Wildman–Crippen MR) is 308 cm³/mol. The number of fused-ring (bicyclic) bond motifs is 6. The zero-order valence-corrected chi connectivity index (χ0v) is 51.2. The van der Waals surface area contributed by atoms with Crippen molar-refractivity contribution in [2.75, 3.05) is 52.6 Å². The lowest BCUT2D eigenvalue weighted by Crippen LogP contribution is -2.60. The van der Waals surface area contributed by atoms with E-state index in [0.29, 0.717) is 45.6 Å². The number of carbonyl (C=O) groups is 9. The molecule has 2 aliphatic carbocycles. The number of rotatable bonds is 11. The fraction of sp³-hybridized carbons (Fsp3) is 0.783. The van der Waals surface area contributed by atoms with Gasteiger partial charge in [0.25, 0.3) is 11.8 Å². The second-order valence-electron chi connectivity index (χ2n) is 26.2. The first-order valence-electron chi connectivity index (χ1n) is 29.9. The Kier molecular flexibility index (Phi) is 24.4. The molecule has 0 spiro atoms. The third-order valence-electron chi connectivity index (χ3n) is 16.7. The number of aliphatic hydroxyl groups excluding tert-OH is 1. The van der Waals surface area contributed by atoms with Crippen LogP contribution in [0, 0.1) is 34.5 Å². The Hall–Kier alpha value is -5.81. The molecule has 23 nitrogen and oxygen atoms in total. The number of esters is 1. The van der Waals surface area contributed by atoms with Gasteiger partial charge < -0.3 is 70.5 Å². The van der Waals surface area contributed by atoms with Crippen LogP contribution in [0.3, 0.4) is 0 Å². The Morgan fingerprint density at radius 3 is 1.43 bits per heavy atom. The first kappa shape index (κ1) is 68.0. The van der Waals surface area contributed by atoms with Gasteiger partial charge in [0, 0.05) is 46.3 Å². The predicted octanol–water partition coefficient (Wildman–Crippen LogP) is 4.33. The van der Waals surface area contributed by atoms with Gasteiger partial charge in [-0.3, -0.25) is 33.6 Å². The molecule has 2 saturated carbocycles. The van der Waals surface area contributed by atoms with Crippen molar-refractivity contribution in [3.05, 3.63) is 25.3 Å². The van der Waals surface area contributed by atoms with Gasteiger partial charge in [0.2, 0.25) is 23.6 Å². The van der Waals surface area contributed by atoms with Crippen molar-refractivity contribution in [3.8, 4) is 0 Å². The number of nitrogens with one attached hydrogen (secondary N) is 6. The monoisotopic (exact) mass is 1170 g/mol. The fourth-order valence-corrected chi connectivity index (χ4v) is 12.3. The van der Waals surface area contributed by atoms with Crippen LogP contribution in [0.5, 0.6) is 0 Å². The lowest BCUT2D eigenvalue weighted by molar-refractivity contribution is -0.157. The molecule has 6 fully saturated rings. The van der Waals surface area contributed by atoms with E-state index >= 15 is 0 Å². The molecule has 0 aromatic rings. The summed E-state index contributed by atoms with van der Waals surface area (Å²) in [6, 6.07) is -5.31. The molecule has 0 radical (unpaired) electrons. The van der Waals surface area contributed by atoms with Crippen LogP contribution < -0.4 is 31.9 Å². The molecule has 468 valence electrons. The minimum Gasteiger partial charge on any atom is -0.450 e. The highest BCUT2D eigenvalue weighted by molar-refractivity contribution is 5.95. The summed E-state index contributed by atoms with van der Waals surface area (Å²) in [6.07, 6.45) is 8.04. The van der Waals surface area contributed by atoms with Crippen LogP contribution in [0.15, 0.2) is 25.3 Å². The smallest absolute Gasteiger partial charge is 0.408 e. The van der Waals surface area contributed by atoms with Gasteiger partial charge in [-0.15, -0.1) is 13.2 Å². The molecule has 12 atom stereocenters. The summed E-state index contributed by atoms with van der Waals surface area (Å²) in [5.74, 6) is -3.40. The van der Waals surface area contributed by atoms with Gasteiger partial charge in [-0.2, -0.15) is 0 Å². The third-order valence-corrected chi connectivity index (χ3v) is 16.7. The summed E-state index contributed by atoms with van der Waals surface area (Å²) in [7, 11) is 0. The Labute approximate surface area is 490 Å². The number of hydrogen-bond donors (Lipinski definition) is 7. The van der Waals surface area contributed by atoms with Crippen molar-refractivity contribution in [3.63, 3.8) is 0 Å². The van der Waals surface area contributed by atoms with Crippen LogP contribution >= 0.6 is 0 Å². The van der Waals surface area contributed by atoms with E-state index < -0.39 is 113 Å². The lowest BCUT2D eigenvalue weighted by atomic mass is 9.97. The van der Waals surface area contributed by atoms with E-state index in [1.807, 2.05) is 0 Å². The zero-order valence-electron chi connectivity index (χ0n) is 51.2. The van der Waals surface area contributed by atoms with Crippen molar-refractivity contribution in [2.24, 2.45) is 34.5 Å². The molecule has 2 unspecified atom stereocenters. The summed E-state index contributed by atoms with van der Waals surface area (Å²) >= 11 is 0. The third kappa shape index (κ3) is 19.1. The highest BCUT2D eigenvalue weighted by Gasteiger charge is 2.71. The molecule has 4 heterocycles. The second-order valence-corrected chi connectivity index (χ2v) is 26.2. The largest absolute Gasteiger partial charge is 0.450 e. The molecule has 6 rings (SSSR count). The van der Waals surface area contributed by atoms with Crippen molar-refractivity contribution in [1.29, 1.82) is 0 Å². The van der Waals surface area contributed by atoms with Gasteiger partial charge in [0.1, 0.15) is 35.4 Å². The maximum Gasteiger partial charge on any atom is 0.408 e. The molecule has 0 bridgehead atoms. The normalized spacial score (nSPS) is 29.5. The van der Waals surface area contributed by atoms with E-state index in [0.717, 1.165) is 57.8 Å². The summed E-state index contributed by atoms with van der Waals surface area (Å²) in [6.45, 7) is 29.0. The summed E-state index contributed by atoms with van der Waals surface area (Å²) in [5, 5.41) is 27.4. The number of amides is 8. The fourth-order valence-electron chi connectivity index (χ4n) is 12.3. The molecular weight excluding hydrogens is 1070 g/mol. The molecule has 23 heteroatoms. The molecule has 0 aromatic heterocycles. The lowest BCUT2D eigenvalue weighted by Gasteiger charge is -2.35. The van der Waals surface area contributed by atoms with Crippen molar-refractivity contribution in [2.45, 2.75) is 213 Å². The van der Waals surface area contributed by atoms with Crippen LogP contribution in [0.25, 0.3) is 0 Å². The second kappa shape index (κ2) is 29.8. The molecule has 6 aliphatic rings. The van der Waals surface area contributed by atoms with E-state index in [9.17, 15) is 48.3 Å². The maximum atomic E-state index is 14.1. The minimum absolute atomic E-state index is 0.0353. The highest BCUT2D eigenvalue weighted by atomic mass is 16.6. The Balaban J connectivity index is 0.000000305. The Morgan fingerprint density at radius 1 is 0.639 bits per heavy atom. The first-order chi connectivity index (χ1) is 38.9. The van der Waals surface area contributed by atoms with Crippen molar-refractivity contribution < 1.29 is 71.9 Å². The quantitative estimate of drug-likeness (QED) is 0.0861. The SMILES string of the molecule is C=CCNC(=O)C(O)[C@@H]1CCCCCCCOC[C@H](NC(=O)OC(C)(C)C)C(=O)N2C[C@H]3[C@@H]([C@H]2C(=O)N1)C3(C)C.C=CCNC(=O)C(OC(C)=O)[C@@H]1CCCCCCCOC[C@H](NC(=O)OC(C)(C)C)C(=O)N2C[C@H]3[C@@H]([C@H]2C(=O)N1)C3(C)C. The number of aliphatic hydroxyl groups is 1. The van der Waals surface area contributed by atoms with Gasteiger partial charge >= 0.3 is 18.2 Å². The molecular formula is C60H98N8O15. The number of hydrogen-bond acceptors (Lipinski definition) is 15. The standard InChI is InChI=1S/C31H50N4O8.C29H48N4O7/c1-8-15-32-27(38)25(42-19(2)36)21-14-12-10-9-11-13-16-41-18-22(34-29(40)43-30(3,4)5)28(39)35-17-20-23(31(20,6)7)24(35)26(37)33-21;1-7-14-30-25(36)23(34)19-13-11-9-8-10-12-15-39-17-20(32-27(38)40-28(2,3)4)26(37)33-16-18-21(29(18,5)6)22(33)24(35)31-19/h8,20-25H,1,9-18H2,2-7H3,(H,32,38)(H,33,37)(H,34,40);7,18-23,34H,1,8-17H2,2-6H3,(H,30,36)(H,31,35)(H,32,38)/t20-,21-,22-,23-,24-,25?;18-,19-,20-,21-,22-,23?/m00/s1. The maximum absolute atomic E-state index is 14.1. The molecule has 4 aliphatic heterocycles. The highest BCUT2D eigenvalue weighted by Crippen LogP contribution is 2.66. The Morgan fingerprint density at radius 2 is 1.02 bits per heavy atom. The minimum atomic E-state index is -1.44. The van der Waals surface area contributed by atoms with Gasteiger partial charge in [-0.25, -0.2) is 9.59 Å². The van der Waals surface area contributed by atoms with Crippen molar-refractivity contribution in [1.82, 2.24) is 41.7 Å². The van der Waals surface area contributed by atoms with Gasteiger partial charge in [0.05, 0.1) is 25.3 Å². The van der Waals surface area contributed by atoms with E-state index in [2.05, 4.69) is 72.8 Å². The van der Waals surface area contributed by atoms with Crippen LogP contribution in [-0.4, -0.2) is 181 Å². The molecule has 7 N–H and O–H groups in total. The van der Waals surface area contributed by atoms with Crippen LogP contribution in [0.2, 0.25) is 0 Å². The van der Waals surface area contributed by atoms with E-state index in [4.69, 9.17) is 23.7 Å². The van der Waals surface area contributed by atoms with Crippen LogP contribution in [0.4, 0.5) is 9.59 Å². The summed E-state index contributed by atoms with van der Waals surface area (Å²) in [4.78, 5) is 122. The van der Waals surface area contributed by atoms with Crippen LogP contribution in [0.1, 0.15) is 153 Å². The topological polar surface area (TPSA) is 299 Å². The molecule has 83 heavy (non-hydrogen) atoms. The van der Waals surface area contributed by atoms with Crippen molar-refractivity contribution >= 4 is 53.6 Å². The molecule has 8 amide bonds. The van der Waals surface area contributed by atoms with E-state index in [-0.39, 0.29) is 60.8 Å². The molecule has 4 saturated heterocycles. The number of ether oxygens (including phenoxy) is 5. The van der Waals surface area contributed by atoms with E-state index in [1.54, 1.807) is 41.5 Å². The number of carbonyl (C=O) groups excluding carboxylic acids is 9. The Bertz CT molecular complexity index is 2320. The number of piperidine rings is 2. The van der Waals surface area contributed by atoms with Crippen LogP contribution in [-0.2, 0) is 57.2 Å². The van der Waals surface area contributed by atoms with Gasteiger partial charge in [-0.05, 0) is 102 Å².